The van der Waals surface area contributed by atoms with Crippen molar-refractivity contribution in [2.24, 2.45) is 11.8 Å². The summed E-state index contributed by atoms with van der Waals surface area (Å²) in [6.45, 7) is 9.47. The first-order chi connectivity index (χ1) is 9.19. The van der Waals surface area contributed by atoms with Crippen LogP contribution in [0.15, 0.2) is 0 Å². The number of hydrogen-bond donors (Lipinski definition) is 1. The van der Waals surface area contributed by atoms with Gasteiger partial charge in [0.25, 0.3) is 0 Å². The van der Waals surface area contributed by atoms with Crippen molar-refractivity contribution in [1.29, 1.82) is 0 Å². The van der Waals surface area contributed by atoms with Gasteiger partial charge in [-0.25, -0.2) is 0 Å². The van der Waals surface area contributed by atoms with E-state index in [9.17, 15) is 0 Å². The van der Waals surface area contributed by atoms with E-state index in [1.165, 1.54) is 45.2 Å². The van der Waals surface area contributed by atoms with E-state index in [4.69, 9.17) is 4.74 Å². The van der Waals surface area contributed by atoms with Crippen molar-refractivity contribution >= 4 is 0 Å². The standard InChI is InChI=1S/C16H32N2O/c1-13(2)14-5-4-9-18(10-8-14)12-16-7-6-15(19-16)11-17-3/h13-17H,4-12H2,1-3H3. The summed E-state index contributed by atoms with van der Waals surface area (Å²) in [5.41, 5.74) is 0. The van der Waals surface area contributed by atoms with Crippen molar-refractivity contribution in [3.05, 3.63) is 0 Å². The molecular weight excluding hydrogens is 236 g/mol. The molecule has 3 heteroatoms. The molecule has 2 saturated heterocycles. The Morgan fingerprint density at radius 2 is 1.89 bits per heavy atom. The molecule has 0 spiro atoms. The maximum atomic E-state index is 6.12. The summed E-state index contributed by atoms with van der Waals surface area (Å²) >= 11 is 0. The first-order valence-electron chi connectivity index (χ1n) is 8.21. The van der Waals surface area contributed by atoms with Crippen LogP contribution in [-0.2, 0) is 4.74 Å². The van der Waals surface area contributed by atoms with Crippen LogP contribution in [0.25, 0.3) is 0 Å². The summed E-state index contributed by atoms with van der Waals surface area (Å²) in [5, 5.41) is 3.22. The van der Waals surface area contributed by atoms with Crippen LogP contribution in [0.1, 0.15) is 46.0 Å². The highest BCUT2D eigenvalue weighted by Crippen LogP contribution is 2.26. The molecule has 0 radical (unpaired) electrons. The summed E-state index contributed by atoms with van der Waals surface area (Å²) in [5.74, 6) is 1.79. The van der Waals surface area contributed by atoms with E-state index in [0.717, 1.165) is 24.9 Å². The number of ether oxygens (including phenoxy) is 1. The molecule has 0 aromatic rings. The van der Waals surface area contributed by atoms with Gasteiger partial charge in [-0.05, 0) is 64.1 Å². The van der Waals surface area contributed by atoms with E-state index < -0.39 is 0 Å². The largest absolute Gasteiger partial charge is 0.372 e. The second kappa shape index (κ2) is 7.61. The lowest BCUT2D eigenvalue weighted by molar-refractivity contribution is 0.0245. The molecule has 2 heterocycles. The molecule has 3 unspecified atom stereocenters. The van der Waals surface area contributed by atoms with E-state index >= 15 is 0 Å². The smallest absolute Gasteiger partial charge is 0.0707 e. The molecule has 0 aliphatic carbocycles. The minimum Gasteiger partial charge on any atom is -0.372 e. The van der Waals surface area contributed by atoms with Gasteiger partial charge in [-0.3, -0.25) is 0 Å². The predicted molar refractivity (Wildman–Crippen MR) is 80.4 cm³/mol. The second-order valence-corrected chi connectivity index (χ2v) is 6.75. The number of hydrogen-bond acceptors (Lipinski definition) is 3. The molecule has 2 aliphatic rings. The molecule has 1 N–H and O–H groups in total. The first-order valence-corrected chi connectivity index (χ1v) is 8.21. The summed E-state index contributed by atoms with van der Waals surface area (Å²) in [7, 11) is 2.01. The summed E-state index contributed by atoms with van der Waals surface area (Å²) in [6.07, 6.45) is 7.58. The molecular formula is C16H32N2O. The zero-order valence-electron chi connectivity index (χ0n) is 13.0. The minimum atomic E-state index is 0.449. The Kier molecular flexibility index (Phi) is 6.11. The molecule has 0 bridgehead atoms. The van der Waals surface area contributed by atoms with Crippen molar-refractivity contribution in [3.8, 4) is 0 Å². The number of nitrogens with one attached hydrogen (secondary N) is 1. The van der Waals surface area contributed by atoms with E-state index in [0.29, 0.717) is 12.2 Å². The fourth-order valence-corrected chi connectivity index (χ4v) is 3.61. The van der Waals surface area contributed by atoms with Gasteiger partial charge in [0.1, 0.15) is 0 Å². The Hall–Kier alpha value is -0.120. The van der Waals surface area contributed by atoms with Crippen molar-refractivity contribution in [2.45, 2.75) is 58.2 Å². The Balaban J connectivity index is 1.71. The van der Waals surface area contributed by atoms with Crippen LogP contribution in [-0.4, -0.2) is 50.3 Å². The Morgan fingerprint density at radius 1 is 1.11 bits per heavy atom. The maximum Gasteiger partial charge on any atom is 0.0707 e. The lowest BCUT2D eigenvalue weighted by Crippen LogP contribution is -2.34. The van der Waals surface area contributed by atoms with Crippen LogP contribution in [0.4, 0.5) is 0 Å². The summed E-state index contributed by atoms with van der Waals surface area (Å²) < 4.78 is 6.12. The molecule has 2 aliphatic heterocycles. The highest BCUT2D eigenvalue weighted by Gasteiger charge is 2.27. The van der Waals surface area contributed by atoms with Crippen LogP contribution in [0.2, 0.25) is 0 Å². The number of likely N-dealkylation sites (N-methyl/N-ethyl adjacent to an activating group) is 1. The quantitative estimate of drug-likeness (QED) is 0.829. The average molecular weight is 268 g/mol. The van der Waals surface area contributed by atoms with Gasteiger partial charge in [0, 0.05) is 13.1 Å². The van der Waals surface area contributed by atoms with E-state index in [1.54, 1.807) is 0 Å². The zero-order chi connectivity index (χ0) is 13.7. The van der Waals surface area contributed by atoms with Crippen molar-refractivity contribution in [1.82, 2.24) is 10.2 Å². The molecule has 0 saturated carbocycles. The third-order valence-electron chi connectivity index (χ3n) is 4.90. The minimum absolute atomic E-state index is 0.449. The molecule has 0 amide bonds. The third-order valence-corrected chi connectivity index (χ3v) is 4.90. The van der Waals surface area contributed by atoms with Crippen molar-refractivity contribution in [2.75, 3.05) is 33.2 Å². The average Bonchev–Trinajstić information content (AvgIpc) is 2.67. The van der Waals surface area contributed by atoms with Crippen LogP contribution >= 0.6 is 0 Å². The van der Waals surface area contributed by atoms with Gasteiger partial charge in [-0.1, -0.05) is 13.8 Å². The number of rotatable bonds is 5. The van der Waals surface area contributed by atoms with Crippen LogP contribution in [0.5, 0.6) is 0 Å². The molecule has 0 aromatic carbocycles. The highest BCUT2D eigenvalue weighted by molar-refractivity contribution is 4.79. The van der Waals surface area contributed by atoms with Gasteiger partial charge < -0.3 is 15.0 Å². The van der Waals surface area contributed by atoms with E-state index in [-0.39, 0.29) is 0 Å². The third kappa shape index (κ3) is 4.73. The Bertz CT molecular complexity index is 257. The predicted octanol–water partition coefficient (Wildman–Crippen LogP) is 2.51. The van der Waals surface area contributed by atoms with Gasteiger partial charge >= 0.3 is 0 Å². The molecule has 112 valence electrons. The van der Waals surface area contributed by atoms with Crippen LogP contribution < -0.4 is 5.32 Å². The summed E-state index contributed by atoms with van der Waals surface area (Å²) in [4.78, 5) is 2.65. The van der Waals surface area contributed by atoms with Gasteiger partial charge in [0.15, 0.2) is 0 Å². The van der Waals surface area contributed by atoms with Gasteiger partial charge in [-0.15, -0.1) is 0 Å². The molecule has 2 rings (SSSR count). The maximum absolute atomic E-state index is 6.12. The van der Waals surface area contributed by atoms with E-state index in [2.05, 4.69) is 24.1 Å². The lowest BCUT2D eigenvalue weighted by atomic mass is 9.89. The molecule has 2 fully saturated rings. The second-order valence-electron chi connectivity index (χ2n) is 6.75. The SMILES string of the molecule is CNCC1CCC(CN2CCCC(C(C)C)CC2)O1. The Morgan fingerprint density at radius 3 is 2.63 bits per heavy atom. The number of likely N-dealkylation sites (tertiary alicyclic amines) is 1. The van der Waals surface area contributed by atoms with Crippen LogP contribution in [0, 0.1) is 11.8 Å². The molecule has 0 aromatic heterocycles. The van der Waals surface area contributed by atoms with Crippen LogP contribution in [0.3, 0.4) is 0 Å². The summed E-state index contributed by atoms with van der Waals surface area (Å²) in [6, 6.07) is 0. The monoisotopic (exact) mass is 268 g/mol. The fraction of sp³-hybridized carbons (Fsp3) is 1.00. The lowest BCUT2D eigenvalue weighted by Gasteiger charge is -2.24. The first kappa shape index (κ1) is 15.3. The normalized spacial score (nSPS) is 33.8. The van der Waals surface area contributed by atoms with Gasteiger partial charge in [0.05, 0.1) is 12.2 Å². The van der Waals surface area contributed by atoms with E-state index in [1.807, 2.05) is 7.05 Å². The fourth-order valence-electron chi connectivity index (χ4n) is 3.61. The molecule has 3 atom stereocenters. The zero-order valence-corrected chi connectivity index (χ0v) is 13.0. The Labute approximate surface area is 119 Å². The topological polar surface area (TPSA) is 24.5 Å². The molecule has 3 nitrogen and oxygen atoms in total. The van der Waals surface area contributed by atoms with Crippen molar-refractivity contribution in [3.63, 3.8) is 0 Å². The highest BCUT2D eigenvalue weighted by atomic mass is 16.5. The van der Waals surface area contributed by atoms with Gasteiger partial charge in [0.2, 0.25) is 0 Å². The van der Waals surface area contributed by atoms with Gasteiger partial charge in [-0.2, -0.15) is 0 Å². The number of nitrogens with zero attached hydrogens (tertiary/aromatic N) is 1. The van der Waals surface area contributed by atoms with Crippen molar-refractivity contribution < 1.29 is 4.74 Å². The molecule has 19 heavy (non-hydrogen) atoms.